The second-order valence-electron chi connectivity index (χ2n) is 5.96. The van der Waals surface area contributed by atoms with E-state index in [1.807, 2.05) is 30.3 Å². The third kappa shape index (κ3) is 4.47. The SMILES string of the molecule is COc1n[nH]nc1-c1cccc(C(=O)NCCCCc2ccccc2)c1. The maximum Gasteiger partial charge on any atom is 0.261 e. The van der Waals surface area contributed by atoms with E-state index in [2.05, 4.69) is 32.9 Å². The number of nitrogens with one attached hydrogen (secondary N) is 2. The van der Waals surface area contributed by atoms with Gasteiger partial charge in [-0.2, -0.15) is 10.3 Å². The third-order valence-electron chi connectivity index (χ3n) is 4.13. The number of aromatic amines is 1. The van der Waals surface area contributed by atoms with Crippen molar-refractivity contribution in [2.24, 2.45) is 0 Å². The Morgan fingerprint density at radius 1 is 1.08 bits per heavy atom. The summed E-state index contributed by atoms with van der Waals surface area (Å²) in [6.07, 6.45) is 3.01. The molecule has 0 aliphatic heterocycles. The highest BCUT2D eigenvalue weighted by atomic mass is 16.5. The van der Waals surface area contributed by atoms with E-state index in [1.165, 1.54) is 12.7 Å². The van der Waals surface area contributed by atoms with Crippen LogP contribution in [0.2, 0.25) is 0 Å². The number of ether oxygens (including phenoxy) is 1. The molecule has 0 aliphatic carbocycles. The summed E-state index contributed by atoms with van der Waals surface area (Å²) < 4.78 is 5.16. The predicted octanol–water partition coefficient (Wildman–Crippen LogP) is 3.23. The number of hydrogen-bond donors (Lipinski definition) is 2. The average molecular weight is 350 g/mol. The Kier molecular flexibility index (Phi) is 5.98. The van der Waals surface area contributed by atoms with Crippen molar-refractivity contribution in [3.8, 4) is 17.1 Å². The van der Waals surface area contributed by atoms with Gasteiger partial charge in [0.2, 0.25) is 0 Å². The molecule has 26 heavy (non-hydrogen) atoms. The van der Waals surface area contributed by atoms with E-state index in [1.54, 1.807) is 12.1 Å². The van der Waals surface area contributed by atoms with Crippen LogP contribution >= 0.6 is 0 Å². The van der Waals surface area contributed by atoms with Gasteiger partial charge >= 0.3 is 0 Å². The Morgan fingerprint density at radius 3 is 2.73 bits per heavy atom. The first-order valence-corrected chi connectivity index (χ1v) is 8.65. The molecule has 3 aromatic rings. The molecule has 0 saturated carbocycles. The van der Waals surface area contributed by atoms with E-state index in [4.69, 9.17) is 4.74 Å². The number of aryl methyl sites for hydroxylation is 1. The predicted molar refractivity (Wildman–Crippen MR) is 100 cm³/mol. The average Bonchev–Trinajstić information content (AvgIpc) is 3.17. The third-order valence-corrected chi connectivity index (χ3v) is 4.13. The minimum Gasteiger partial charge on any atom is -0.478 e. The van der Waals surface area contributed by atoms with Crippen LogP contribution in [0.5, 0.6) is 5.88 Å². The smallest absolute Gasteiger partial charge is 0.261 e. The van der Waals surface area contributed by atoms with Crippen LogP contribution in [-0.4, -0.2) is 35.0 Å². The van der Waals surface area contributed by atoms with Crippen LogP contribution in [0.15, 0.2) is 54.6 Å². The number of unbranched alkanes of at least 4 members (excludes halogenated alkanes) is 1. The maximum absolute atomic E-state index is 12.4. The first-order chi connectivity index (χ1) is 12.8. The number of nitrogens with zero attached hydrogens (tertiary/aromatic N) is 2. The summed E-state index contributed by atoms with van der Waals surface area (Å²) in [6.45, 7) is 0.656. The number of benzene rings is 2. The molecule has 0 unspecified atom stereocenters. The van der Waals surface area contributed by atoms with E-state index in [-0.39, 0.29) is 5.91 Å². The van der Waals surface area contributed by atoms with Gasteiger partial charge in [0.1, 0.15) is 0 Å². The zero-order chi connectivity index (χ0) is 18.2. The van der Waals surface area contributed by atoms with Crippen molar-refractivity contribution < 1.29 is 9.53 Å². The number of H-pyrrole nitrogens is 1. The van der Waals surface area contributed by atoms with Crippen LogP contribution in [0, 0.1) is 0 Å². The lowest BCUT2D eigenvalue weighted by Gasteiger charge is -2.07. The van der Waals surface area contributed by atoms with Crippen LogP contribution in [0.1, 0.15) is 28.8 Å². The first kappa shape index (κ1) is 17.7. The molecule has 6 nitrogen and oxygen atoms in total. The number of carbonyl (C=O) groups excluding carboxylic acids is 1. The van der Waals surface area contributed by atoms with Crippen molar-refractivity contribution in [1.82, 2.24) is 20.7 Å². The molecule has 2 aromatic carbocycles. The van der Waals surface area contributed by atoms with Gasteiger partial charge in [-0.1, -0.05) is 42.5 Å². The lowest BCUT2D eigenvalue weighted by molar-refractivity contribution is 0.0953. The van der Waals surface area contributed by atoms with E-state index in [0.717, 1.165) is 24.8 Å². The fourth-order valence-corrected chi connectivity index (χ4v) is 2.76. The highest BCUT2D eigenvalue weighted by Gasteiger charge is 2.13. The summed E-state index contributed by atoms with van der Waals surface area (Å²) in [5, 5.41) is 13.5. The summed E-state index contributed by atoms with van der Waals surface area (Å²) >= 11 is 0. The fraction of sp³-hybridized carbons (Fsp3) is 0.250. The van der Waals surface area contributed by atoms with Gasteiger partial charge in [-0.25, -0.2) is 0 Å². The highest BCUT2D eigenvalue weighted by Crippen LogP contribution is 2.25. The lowest BCUT2D eigenvalue weighted by Crippen LogP contribution is -2.24. The molecular formula is C20H22N4O2. The fourth-order valence-electron chi connectivity index (χ4n) is 2.76. The quantitative estimate of drug-likeness (QED) is 0.611. The van der Waals surface area contributed by atoms with Gasteiger partial charge in [0, 0.05) is 17.7 Å². The molecule has 0 fully saturated rings. The molecule has 0 aliphatic rings. The number of methoxy groups -OCH3 is 1. The number of amides is 1. The van der Waals surface area contributed by atoms with E-state index < -0.39 is 0 Å². The first-order valence-electron chi connectivity index (χ1n) is 8.65. The second-order valence-corrected chi connectivity index (χ2v) is 5.96. The van der Waals surface area contributed by atoms with Crippen LogP contribution in [0.3, 0.4) is 0 Å². The molecule has 6 heteroatoms. The Morgan fingerprint density at radius 2 is 1.92 bits per heavy atom. The molecule has 2 N–H and O–H groups in total. The minimum absolute atomic E-state index is 0.0889. The summed E-state index contributed by atoms with van der Waals surface area (Å²) in [6, 6.07) is 17.7. The number of hydrogen-bond acceptors (Lipinski definition) is 4. The van der Waals surface area contributed by atoms with Gasteiger partial charge in [0.15, 0.2) is 5.69 Å². The number of aromatic nitrogens is 3. The van der Waals surface area contributed by atoms with Crippen LogP contribution in [0.4, 0.5) is 0 Å². The monoisotopic (exact) mass is 350 g/mol. The molecule has 3 rings (SSSR count). The summed E-state index contributed by atoms with van der Waals surface area (Å²) in [4.78, 5) is 12.4. The zero-order valence-corrected chi connectivity index (χ0v) is 14.7. The van der Waals surface area contributed by atoms with E-state index in [9.17, 15) is 4.79 Å². The Balaban J connectivity index is 1.51. The maximum atomic E-state index is 12.4. The highest BCUT2D eigenvalue weighted by molar-refractivity contribution is 5.95. The van der Waals surface area contributed by atoms with E-state index >= 15 is 0 Å². The van der Waals surface area contributed by atoms with E-state index in [0.29, 0.717) is 23.7 Å². The molecule has 0 bridgehead atoms. The molecular weight excluding hydrogens is 328 g/mol. The van der Waals surface area contributed by atoms with Gasteiger partial charge in [0.25, 0.3) is 11.8 Å². The van der Waals surface area contributed by atoms with Crippen molar-refractivity contribution >= 4 is 5.91 Å². The summed E-state index contributed by atoms with van der Waals surface area (Å²) in [7, 11) is 1.54. The van der Waals surface area contributed by atoms with Crippen LogP contribution in [0.25, 0.3) is 11.3 Å². The summed E-state index contributed by atoms with van der Waals surface area (Å²) in [5.41, 5.74) is 3.29. The minimum atomic E-state index is -0.0889. The van der Waals surface area contributed by atoms with Crippen LogP contribution in [-0.2, 0) is 6.42 Å². The Labute approximate surface area is 152 Å². The molecule has 0 saturated heterocycles. The molecule has 0 radical (unpaired) electrons. The van der Waals surface area contributed by atoms with Gasteiger partial charge in [0.05, 0.1) is 7.11 Å². The standard InChI is InChI=1S/C20H22N4O2/c1-26-20-18(22-24-23-20)16-11-7-12-17(14-16)19(25)21-13-6-5-10-15-8-3-2-4-9-15/h2-4,7-9,11-12,14H,5-6,10,13H2,1H3,(H,21,25)(H,22,23,24). The topological polar surface area (TPSA) is 79.9 Å². The number of rotatable bonds is 8. The molecule has 1 aromatic heterocycles. The Bertz CT molecular complexity index is 846. The van der Waals surface area contributed by atoms with Gasteiger partial charge in [-0.15, -0.1) is 5.10 Å². The largest absolute Gasteiger partial charge is 0.478 e. The van der Waals surface area contributed by atoms with Crippen molar-refractivity contribution in [3.63, 3.8) is 0 Å². The van der Waals surface area contributed by atoms with Crippen LogP contribution < -0.4 is 10.1 Å². The van der Waals surface area contributed by atoms with Gasteiger partial charge in [-0.3, -0.25) is 4.79 Å². The number of carbonyl (C=O) groups is 1. The lowest BCUT2D eigenvalue weighted by atomic mass is 10.1. The van der Waals surface area contributed by atoms with Gasteiger partial charge < -0.3 is 10.1 Å². The van der Waals surface area contributed by atoms with Crippen molar-refractivity contribution in [2.45, 2.75) is 19.3 Å². The van der Waals surface area contributed by atoms with Gasteiger partial charge in [-0.05, 0) is 37.0 Å². The van der Waals surface area contributed by atoms with Crippen molar-refractivity contribution in [1.29, 1.82) is 0 Å². The van der Waals surface area contributed by atoms with Crippen molar-refractivity contribution in [2.75, 3.05) is 13.7 Å². The van der Waals surface area contributed by atoms with Crippen molar-refractivity contribution in [3.05, 3.63) is 65.7 Å². The molecule has 1 amide bonds. The summed E-state index contributed by atoms with van der Waals surface area (Å²) in [5.74, 6) is 0.317. The molecule has 0 spiro atoms. The Hall–Kier alpha value is -3.15. The normalized spacial score (nSPS) is 10.5. The molecule has 134 valence electrons. The molecule has 1 heterocycles. The molecule has 0 atom stereocenters. The zero-order valence-electron chi connectivity index (χ0n) is 14.7. The second kappa shape index (κ2) is 8.80.